The van der Waals surface area contributed by atoms with Gasteiger partial charge < -0.3 is 9.80 Å². The summed E-state index contributed by atoms with van der Waals surface area (Å²) in [4.78, 5) is 8.64. The Bertz CT molecular complexity index is 1090. The summed E-state index contributed by atoms with van der Waals surface area (Å²) in [6.07, 6.45) is 13.7. The van der Waals surface area contributed by atoms with Gasteiger partial charge in [-0.25, -0.2) is 4.98 Å². The first-order valence-electron chi connectivity index (χ1n) is 10.2. The first-order valence-corrected chi connectivity index (χ1v) is 10.2. The molecule has 0 radical (unpaired) electrons. The minimum atomic E-state index is -0.460. The molecule has 6 heteroatoms. The summed E-state index contributed by atoms with van der Waals surface area (Å²) >= 11 is 0. The fourth-order valence-electron chi connectivity index (χ4n) is 4.30. The maximum atomic E-state index is 13.4. The Labute approximate surface area is 169 Å². The Kier molecular flexibility index (Phi) is 4.54. The summed E-state index contributed by atoms with van der Waals surface area (Å²) in [5.74, 6) is -0.460. The Morgan fingerprint density at radius 2 is 1.90 bits per heavy atom. The third-order valence-electron chi connectivity index (χ3n) is 5.69. The average Bonchev–Trinajstić information content (AvgIpc) is 3.13. The molecule has 0 unspecified atom stereocenters. The minimum absolute atomic E-state index is 0.460. The number of nitrogens with zero attached hydrogens (tertiary/aromatic N) is 5. The molecule has 0 N–H and O–H groups in total. The number of hydrogen-bond acceptors (Lipinski definition) is 4. The normalized spacial score (nSPS) is 17.1. The molecule has 4 heterocycles. The number of hydrogen-bond donors (Lipinski definition) is 0. The second-order valence-electron chi connectivity index (χ2n) is 7.71. The SMILES string of the molecule is Cn1cc2cc(N3CC=CC=C3c3ccc(F)nc3)c(N3CCCCC3)cc2n1. The highest BCUT2D eigenvalue weighted by Crippen LogP contribution is 2.39. The van der Waals surface area contributed by atoms with Crippen molar-refractivity contribution in [2.45, 2.75) is 19.3 Å². The summed E-state index contributed by atoms with van der Waals surface area (Å²) < 4.78 is 15.2. The standard InChI is InChI=1S/C23H24FN5/c1-27-16-18-13-22(21(14-19(18)26-27)28-10-4-2-5-11-28)29-12-6-3-7-20(29)17-8-9-23(24)25-15-17/h3,6-9,13-16H,2,4-5,10-12H2,1H3. The molecule has 2 aliphatic heterocycles. The molecule has 0 amide bonds. The van der Waals surface area contributed by atoms with Crippen LogP contribution in [0.5, 0.6) is 0 Å². The Balaban J connectivity index is 1.64. The smallest absolute Gasteiger partial charge is 0.212 e. The van der Waals surface area contributed by atoms with E-state index in [2.05, 4.69) is 56.4 Å². The van der Waals surface area contributed by atoms with Crippen LogP contribution in [-0.4, -0.2) is 34.4 Å². The van der Waals surface area contributed by atoms with Crippen molar-refractivity contribution in [1.82, 2.24) is 14.8 Å². The summed E-state index contributed by atoms with van der Waals surface area (Å²) in [7, 11) is 1.96. The molecule has 3 aromatic rings. The number of aromatic nitrogens is 3. The van der Waals surface area contributed by atoms with E-state index in [1.165, 1.54) is 31.0 Å². The van der Waals surface area contributed by atoms with E-state index in [4.69, 9.17) is 0 Å². The highest BCUT2D eigenvalue weighted by atomic mass is 19.1. The second-order valence-corrected chi connectivity index (χ2v) is 7.71. The monoisotopic (exact) mass is 389 g/mol. The zero-order chi connectivity index (χ0) is 19.8. The van der Waals surface area contributed by atoms with Gasteiger partial charge in [0.1, 0.15) is 0 Å². The molecule has 148 valence electrons. The van der Waals surface area contributed by atoms with E-state index in [9.17, 15) is 4.39 Å². The van der Waals surface area contributed by atoms with Crippen LogP contribution in [-0.2, 0) is 7.05 Å². The molecular formula is C23H24FN5. The fourth-order valence-corrected chi connectivity index (χ4v) is 4.30. The lowest BCUT2D eigenvalue weighted by molar-refractivity contribution is 0.578. The van der Waals surface area contributed by atoms with Gasteiger partial charge in [-0.05, 0) is 49.6 Å². The number of benzene rings is 1. The van der Waals surface area contributed by atoms with Gasteiger partial charge in [-0.1, -0.05) is 12.2 Å². The third-order valence-corrected chi connectivity index (χ3v) is 5.69. The maximum Gasteiger partial charge on any atom is 0.212 e. The molecule has 29 heavy (non-hydrogen) atoms. The van der Waals surface area contributed by atoms with Gasteiger partial charge in [0.05, 0.1) is 22.6 Å². The van der Waals surface area contributed by atoms with E-state index >= 15 is 0 Å². The van der Waals surface area contributed by atoms with E-state index in [0.717, 1.165) is 47.5 Å². The Morgan fingerprint density at radius 1 is 1.03 bits per heavy atom. The molecule has 0 aliphatic carbocycles. The van der Waals surface area contributed by atoms with E-state index in [-0.39, 0.29) is 0 Å². The maximum absolute atomic E-state index is 13.4. The van der Waals surface area contributed by atoms with Crippen LogP contribution in [0.25, 0.3) is 16.6 Å². The van der Waals surface area contributed by atoms with Crippen LogP contribution in [0.4, 0.5) is 15.8 Å². The van der Waals surface area contributed by atoms with Crippen molar-refractivity contribution in [2.75, 3.05) is 29.4 Å². The largest absolute Gasteiger partial charge is 0.370 e. The van der Waals surface area contributed by atoms with Crippen molar-refractivity contribution < 1.29 is 4.39 Å². The Hall–Kier alpha value is -3.15. The molecule has 1 aromatic carbocycles. The number of rotatable bonds is 3. The van der Waals surface area contributed by atoms with E-state index < -0.39 is 5.95 Å². The van der Waals surface area contributed by atoms with Crippen molar-refractivity contribution in [3.05, 3.63) is 66.4 Å². The van der Waals surface area contributed by atoms with Gasteiger partial charge >= 0.3 is 0 Å². The van der Waals surface area contributed by atoms with Crippen molar-refractivity contribution >= 4 is 28.0 Å². The number of allylic oxidation sites excluding steroid dienone is 2. The van der Waals surface area contributed by atoms with E-state index in [0.29, 0.717) is 0 Å². The van der Waals surface area contributed by atoms with Crippen molar-refractivity contribution in [2.24, 2.45) is 7.05 Å². The number of anilines is 2. The quantitative estimate of drug-likeness (QED) is 0.618. The molecule has 1 fully saturated rings. The van der Waals surface area contributed by atoms with Crippen molar-refractivity contribution in [3.63, 3.8) is 0 Å². The number of halogens is 1. The molecule has 1 saturated heterocycles. The van der Waals surface area contributed by atoms with Crippen LogP contribution in [0.15, 0.2) is 54.9 Å². The lowest BCUT2D eigenvalue weighted by Crippen LogP contribution is -2.32. The number of aryl methyl sites for hydroxylation is 1. The van der Waals surface area contributed by atoms with Crippen LogP contribution >= 0.6 is 0 Å². The molecule has 5 rings (SSSR count). The van der Waals surface area contributed by atoms with Crippen LogP contribution in [0.2, 0.25) is 0 Å². The van der Waals surface area contributed by atoms with Gasteiger partial charge in [0.15, 0.2) is 0 Å². The van der Waals surface area contributed by atoms with Crippen LogP contribution in [0.3, 0.4) is 0 Å². The minimum Gasteiger partial charge on any atom is -0.370 e. The first-order chi connectivity index (χ1) is 14.2. The summed E-state index contributed by atoms with van der Waals surface area (Å²) in [5, 5.41) is 5.75. The molecule has 0 spiro atoms. The van der Waals surface area contributed by atoms with Gasteiger partial charge in [0, 0.05) is 50.0 Å². The van der Waals surface area contributed by atoms with Gasteiger partial charge in [-0.3, -0.25) is 4.68 Å². The predicted molar refractivity (Wildman–Crippen MR) is 115 cm³/mol. The predicted octanol–water partition coefficient (Wildman–Crippen LogP) is 4.52. The molecule has 2 aliphatic rings. The van der Waals surface area contributed by atoms with Gasteiger partial charge in [-0.15, -0.1) is 0 Å². The zero-order valence-corrected chi connectivity index (χ0v) is 16.6. The van der Waals surface area contributed by atoms with E-state index in [1.54, 1.807) is 12.3 Å². The Morgan fingerprint density at radius 3 is 2.69 bits per heavy atom. The average molecular weight is 389 g/mol. The number of pyridine rings is 1. The highest BCUT2D eigenvalue weighted by Gasteiger charge is 2.23. The molecule has 5 nitrogen and oxygen atoms in total. The molecule has 2 aromatic heterocycles. The third kappa shape index (κ3) is 3.39. The summed E-state index contributed by atoms with van der Waals surface area (Å²) in [5.41, 5.74) is 5.32. The topological polar surface area (TPSA) is 37.2 Å². The molecule has 0 bridgehead atoms. The van der Waals surface area contributed by atoms with Crippen LogP contribution in [0.1, 0.15) is 24.8 Å². The van der Waals surface area contributed by atoms with Crippen LogP contribution < -0.4 is 9.80 Å². The highest BCUT2D eigenvalue weighted by molar-refractivity contribution is 5.95. The molecular weight excluding hydrogens is 365 g/mol. The zero-order valence-electron chi connectivity index (χ0n) is 16.6. The summed E-state index contributed by atoms with van der Waals surface area (Å²) in [6.45, 7) is 2.88. The molecule has 0 saturated carbocycles. The fraction of sp³-hybridized carbons (Fsp3) is 0.304. The van der Waals surface area contributed by atoms with Gasteiger partial charge in [-0.2, -0.15) is 9.49 Å². The first kappa shape index (κ1) is 17.9. The van der Waals surface area contributed by atoms with Crippen molar-refractivity contribution in [3.8, 4) is 0 Å². The summed E-state index contributed by atoms with van der Waals surface area (Å²) in [6, 6.07) is 7.66. The van der Waals surface area contributed by atoms with Gasteiger partial charge in [0.25, 0.3) is 0 Å². The lowest BCUT2D eigenvalue weighted by Gasteiger charge is -2.36. The number of fused-ring (bicyclic) bond motifs is 1. The lowest BCUT2D eigenvalue weighted by atomic mass is 10.0. The van der Waals surface area contributed by atoms with E-state index in [1.807, 2.05) is 11.7 Å². The number of piperidine rings is 1. The second kappa shape index (κ2) is 7.35. The van der Waals surface area contributed by atoms with Crippen LogP contribution in [0, 0.1) is 5.95 Å². The van der Waals surface area contributed by atoms with Gasteiger partial charge in [0.2, 0.25) is 5.95 Å². The molecule has 0 atom stereocenters. The van der Waals surface area contributed by atoms with Crippen molar-refractivity contribution in [1.29, 1.82) is 0 Å².